The second-order valence-electron chi connectivity index (χ2n) is 5.36. The molecule has 2 aromatic rings. The van der Waals surface area contributed by atoms with Crippen LogP contribution in [-0.2, 0) is 11.2 Å². The van der Waals surface area contributed by atoms with Crippen molar-refractivity contribution < 1.29 is 4.79 Å². The SMILES string of the molecule is CC(C)C(C#N)N(C)C(=O)Cc1c[nH]c2ccccc12. The van der Waals surface area contributed by atoms with Gasteiger partial charge < -0.3 is 9.88 Å². The van der Waals surface area contributed by atoms with Crippen LogP contribution in [0.2, 0.25) is 0 Å². The molecule has 1 aromatic heterocycles. The number of hydrogen-bond acceptors (Lipinski definition) is 2. The van der Waals surface area contributed by atoms with Gasteiger partial charge in [0.25, 0.3) is 0 Å². The van der Waals surface area contributed by atoms with Crippen LogP contribution < -0.4 is 0 Å². The van der Waals surface area contributed by atoms with E-state index in [4.69, 9.17) is 5.26 Å². The van der Waals surface area contributed by atoms with Crippen LogP contribution in [0.15, 0.2) is 30.5 Å². The molecule has 0 aliphatic rings. The van der Waals surface area contributed by atoms with Gasteiger partial charge in [0.1, 0.15) is 6.04 Å². The minimum atomic E-state index is -0.382. The Morgan fingerprint density at radius 2 is 2.10 bits per heavy atom. The summed E-state index contributed by atoms with van der Waals surface area (Å²) in [5.74, 6) is 0.0897. The number of likely N-dealkylation sites (N-methyl/N-ethyl adjacent to an activating group) is 1. The van der Waals surface area contributed by atoms with E-state index in [2.05, 4.69) is 11.1 Å². The summed E-state index contributed by atoms with van der Waals surface area (Å²) in [6.45, 7) is 3.90. The molecule has 1 atom stereocenters. The van der Waals surface area contributed by atoms with Gasteiger partial charge in [0.15, 0.2) is 0 Å². The van der Waals surface area contributed by atoms with Gasteiger partial charge in [-0.05, 0) is 17.5 Å². The van der Waals surface area contributed by atoms with Crippen LogP contribution in [0.5, 0.6) is 0 Å². The lowest BCUT2D eigenvalue weighted by Crippen LogP contribution is -2.40. The first kappa shape index (κ1) is 14.1. The molecule has 4 heteroatoms. The molecule has 0 aliphatic heterocycles. The Morgan fingerprint density at radius 1 is 1.40 bits per heavy atom. The number of nitriles is 1. The smallest absolute Gasteiger partial charge is 0.227 e. The number of amides is 1. The van der Waals surface area contributed by atoms with Crippen molar-refractivity contribution in [3.05, 3.63) is 36.0 Å². The minimum absolute atomic E-state index is 0.0324. The molecule has 1 aromatic carbocycles. The molecule has 1 heterocycles. The highest BCUT2D eigenvalue weighted by Gasteiger charge is 2.23. The predicted molar refractivity (Wildman–Crippen MR) is 79.0 cm³/mol. The normalized spacial score (nSPS) is 12.3. The number of aromatic nitrogens is 1. The molecule has 1 amide bonds. The van der Waals surface area contributed by atoms with Gasteiger partial charge in [-0.3, -0.25) is 4.79 Å². The van der Waals surface area contributed by atoms with Crippen molar-refractivity contribution in [1.29, 1.82) is 5.26 Å². The van der Waals surface area contributed by atoms with Crippen LogP contribution in [0.3, 0.4) is 0 Å². The monoisotopic (exact) mass is 269 g/mol. The van der Waals surface area contributed by atoms with Crippen molar-refractivity contribution in [3.8, 4) is 6.07 Å². The van der Waals surface area contributed by atoms with Gasteiger partial charge in [0.2, 0.25) is 5.91 Å². The van der Waals surface area contributed by atoms with Crippen LogP contribution in [-0.4, -0.2) is 28.9 Å². The Morgan fingerprint density at radius 3 is 2.75 bits per heavy atom. The summed E-state index contributed by atoms with van der Waals surface area (Å²) in [5.41, 5.74) is 2.00. The summed E-state index contributed by atoms with van der Waals surface area (Å²) in [6, 6.07) is 9.72. The standard InChI is InChI=1S/C16H19N3O/c1-11(2)15(9-17)19(3)16(20)8-12-10-18-14-7-5-4-6-13(12)14/h4-7,10-11,15,18H,8H2,1-3H3. The molecule has 4 nitrogen and oxygen atoms in total. The van der Waals surface area contributed by atoms with Gasteiger partial charge in [-0.25, -0.2) is 0 Å². The second-order valence-corrected chi connectivity index (χ2v) is 5.36. The number of nitrogens with zero attached hydrogens (tertiary/aromatic N) is 2. The quantitative estimate of drug-likeness (QED) is 0.927. The van der Waals surface area contributed by atoms with Gasteiger partial charge in [-0.15, -0.1) is 0 Å². The van der Waals surface area contributed by atoms with Crippen LogP contribution in [0, 0.1) is 17.2 Å². The van der Waals surface area contributed by atoms with Crippen molar-refractivity contribution in [3.63, 3.8) is 0 Å². The number of carbonyl (C=O) groups excluding carboxylic acids is 1. The largest absolute Gasteiger partial charge is 0.361 e. The summed E-state index contributed by atoms with van der Waals surface area (Å²) in [6.07, 6.45) is 2.18. The molecule has 0 spiro atoms. The molecule has 1 unspecified atom stereocenters. The minimum Gasteiger partial charge on any atom is -0.361 e. The van der Waals surface area contributed by atoms with Crippen molar-refractivity contribution >= 4 is 16.8 Å². The van der Waals surface area contributed by atoms with E-state index in [1.54, 1.807) is 11.9 Å². The molecule has 1 N–H and O–H groups in total. The molecule has 0 aliphatic carbocycles. The van der Waals surface area contributed by atoms with E-state index < -0.39 is 0 Å². The molecule has 104 valence electrons. The molecule has 0 bridgehead atoms. The van der Waals surface area contributed by atoms with Gasteiger partial charge in [-0.1, -0.05) is 32.0 Å². The predicted octanol–water partition coefficient (Wildman–Crippen LogP) is 2.72. The van der Waals surface area contributed by atoms with E-state index in [1.165, 1.54) is 0 Å². The van der Waals surface area contributed by atoms with E-state index in [9.17, 15) is 4.79 Å². The maximum atomic E-state index is 12.3. The number of para-hydroxylation sites is 1. The lowest BCUT2D eigenvalue weighted by Gasteiger charge is -2.25. The van der Waals surface area contributed by atoms with Gasteiger partial charge in [0, 0.05) is 24.1 Å². The van der Waals surface area contributed by atoms with E-state index in [0.29, 0.717) is 6.42 Å². The fraction of sp³-hybridized carbons (Fsp3) is 0.375. The maximum Gasteiger partial charge on any atom is 0.227 e. The van der Waals surface area contributed by atoms with Crippen LogP contribution in [0.25, 0.3) is 10.9 Å². The highest BCUT2D eigenvalue weighted by Crippen LogP contribution is 2.19. The third kappa shape index (κ3) is 2.67. The molecule has 2 rings (SSSR count). The van der Waals surface area contributed by atoms with Crippen molar-refractivity contribution in [1.82, 2.24) is 9.88 Å². The topological polar surface area (TPSA) is 59.9 Å². The molecule has 20 heavy (non-hydrogen) atoms. The number of rotatable bonds is 4. The van der Waals surface area contributed by atoms with Crippen molar-refractivity contribution in [2.24, 2.45) is 5.92 Å². The zero-order chi connectivity index (χ0) is 14.7. The zero-order valence-corrected chi connectivity index (χ0v) is 12.1. The number of aromatic amines is 1. The Labute approximate surface area is 119 Å². The third-order valence-corrected chi connectivity index (χ3v) is 3.59. The maximum absolute atomic E-state index is 12.3. The van der Waals surface area contributed by atoms with Gasteiger partial charge in [-0.2, -0.15) is 5.26 Å². The highest BCUT2D eigenvalue weighted by molar-refractivity contribution is 5.89. The molecule has 0 saturated carbocycles. The second kappa shape index (κ2) is 5.79. The van der Waals surface area contributed by atoms with E-state index in [1.807, 2.05) is 44.3 Å². The van der Waals surface area contributed by atoms with Crippen molar-refractivity contribution in [2.75, 3.05) is 7.05 Å². The summed E-state index contributed by atoms with van der Waals surface area (Å²) < 4.78 is 0. The first-order valence-electron chi connectivity index (χ1n) is 6.75. The average Bonchev–Trinajstić information content (AvgIpc) is 2.82. The van der Waals surface area contributed by atoms with Crippen LogP contribution >= 0.6 is 0 Å². The lowest BCUT2D eigenvalue weighted by molar-refractivity contribution is -0.130. The summed E-state index contributed by atoms with van der Waals surface area (Å²) in [5, 5.41) is 10.2. The number of H-pyrrole nitrogens is 1. The number of benzene rings is 1. The highest BCUT2D eigenvalue weighted by atomic mass is 16.2. The number of hydrogen-bond donors (Lipinski definition) is 1. The van der Waals surface area contributed by atoms with E-state index in [-0.39, 0.29) is 17.9 Å². The third-order valence-electron chi connectivity index (χ3n) is 3.59. The Kier molecular flexibility index (Phi) is 4.09. The summed E-state index contributed by atoms with van der Waals surface area (Å²) >= 11 is 0. The van der Waals surface area contributed by atoms with E-state index >= 15 is 0 Å². The molecule has 0 saturated heterocycles. The van der Waals surface area contributed by atoms with E-state index in [0.717, 1.165) is 16.5 Å². The fourth-order valence-corrected chi connectivity index (χ4v) is 2.40. The fourth-order valence-electron chi connectivity index (χ4n) is 2.40. The number of nitrogens with one attached hydrogen (secondary N) is 1. The number of carbonyl (C=O) groups is 1. The van der Waals surface area contributed by atoms with Crippen molar-refractivity contribution in [2.45, 2.75) is 26.3 Å². The Bertz CT molecular complexity index is 651. The molecule has 0 fully saturated rings. The molecular weight excluding hydrogens is 250 g/mol. The molecule has 0 radical (unpaired) electrons. The van der Waals surface area contributed by atoms with Gasteiger partial charge >= 0.3 is 0 Å². The summed E-state index contributed by atoms with van der Waals surface area (Å²) in [7, 11) is 1.70. The Balaban J connectivity index is 2.18. The van der Waals surface area contributed by atoms with Crippen LogP contribution in [0.4, 0.5) is 0 Å². The summed E-state index contributed by atoms with van der Waals surface area (Å²) in [4.78, 5) is 17.0. The zero-order valence-electron chi connectivity index (χ0n) is 12.1. The lowest BCUT2D eigenvalue weighted by atomic mass is 10.0. The number of fused-ring (bicyclic) bond motifs is 1. The average molecular weight is 269 g/mol. The first-order chi connectivity index (χ1) is 9.54. The molecular formula is C16H19N3O. The first-order valence-corrected chi connectivity index (χ1v) is 6.75. The Hall–Kier alpha value is -2.28. The van der Waals surface area contributed by atoms with Crippen LogP contribution in [0.1, 0.15) is 19.4 Å². The van der Waals surface area contributed by atoms with Gasteiger partial charge in [0.05, 0.1) is 12.5 Å².